The molecule has 3 aromatic rings. The molecule has 2 aliphatic rings. The Morgan fingerprint density at radius 1 is 0.943 bits per heavy atom. The van der Waals surface area contributed by atoms with Crippen LogP contribution in [0.2, 0.25) is 0 Å². The number of benzene rings is 2. The molecule has 0 spiro atoms. The summed E-state index contributed by atoms with van der Waals surface area (Å²) in [6.07, 6.45) is 7.61. The van der Waals surface area contributed by atoms with Crippen molar-refractivity contribution in [2.45, 2.75) is 18.9 Å². The number of nitrogens with zero attached hydrogens (tertiary/aromatic N) is 5. The van der Waals surface area contributed by atoms with Crippen molar-refractivity contribution < 1.29 is 9.53 Å². The van der Waals surface area contributed by atoms with Crippen molar-refractivity contribution in [2.24, 2.45) is 0 Å². The number of amides is 1. The summed E-state index contributed by atoms with van der Waals surface area (Å²) in [5.41, 5.74) is 2.47. The highest BCUT2D eigenvalue weighted by molar-refractivity contribution is 6.06. The summed E-state index contributed by atoms with van der Waals surface area (Å²) in [6, 6.07) is 16.0. The molecule has 2 aromatic carbocycles. The molecule has 0 radical (unpaired) electrons. The zero-order chi connectivity index (χ0) is 24.0. The second-order valence-corrected chi connectivity index (χ2v) is 9.01. The van der Waals surface area contributed by atoms with Crippen LogP contribution >= 0.6 is 0 Å². The van der Waals surface area contributed by atoms with E-state index in [1.807, 2.05) is 30.5 Å². The van der Waals surface area contributed by atoms with Crippen molar-refractivity contribution in [3.63, 3.8) is 0 Å². The first-order valence-electron chi connectivity index (χ1n) is 12.3. The number of carbonyl (C=O) groups excluding carboxylic acids is 1. The molecule has 0 aliphatic carbocycles. The summed E-state index contributed by atoms with van der Waals surface area (Å²) < 4.78 is 5.33. The van der Waals surface area contributed by atoms with Gasteiger partial charge in [0.05, 0.1) is 18.9 Å². The number of carbonyl (C=O) groups is 1. The number of hydrogen-bond donors (Lipinski definition) is 1. The fourth-order valence-electron chi connectivity index (χ4n) is 5.07. The molecule has 8 heteroatoms. The zero-order valence-corrected chi connectivity index (χ0v) is 20.1. The topological polar surface area (TPSA) is 73.8 Å². The number of piperazine rings is 1. The lowest BCUT2D eigenvalue weighted by atomic mass is 10.0. The summed E-state index contributed by atoms with van der Waals surface area (Å²) in [7, 11) is 1.58. The van der Waals surface area contributed by atoms with Gasteiger partial charge < -0.3 is 19.9 Å². The summed E-state index contributed by atoms with van der Waals surface area (Å²) >= 11 is 0. The van der Waals surface area contributed by atoms with Crippen LogP contribution in [0, 0.1) is 0 Å². The molecule has 0 saturated carbocycles. The van der Waals surface area contributed by atoms with E-state index in [0.717, 1.165) is 69.3 Å². The largest absolute Gasteiger partial charge is 0.496 e. The normalized spacial score (nSPS) is 17.3. The number of methoxy groups -OCH3 is 1. The highest BCUT2D eigenvalue weighted by Gasteiger charge is 2.28. The summed E-state index contributed by atoms with van der Waals surface area (Å²) in [5.74, 6) is 1.37. The van der Waals surface area contributed by atoms with Gasteiger partial charge in [-0.15, -0.1) is 0 Å². The second kappa shape index (κ2) is 10.7. The lowest BCUT2D eigenvalue weighted by Crippen LogP contribution is -2.53. The standard InChI is InChI=1S/C27H32N6O2/c1-35-25-8-3-2-7-24(25)27(34)30-21-5-4-6-23(19-21)31-13-9-22(10-14-31)32-15-17-33(18-16-32)26-20-28-11-12-29-26/h2-8,11-12,19-20,22H,9-10,13-18H2,1H3,(H,30,34). The van der Waals surface area contributed by atoms with Crippen LogP contribution in [-0.2, 0) is 0 Å². The molecule has 0 unspecified atom stereocenters. The van der Waals surface area contributed by atoms with Crippen LogP contribution < -0.4 is 19.9 Å². The molecule has 182 valence electrons. The van der Waals surface area contributed by atoms with E-state index in [1.54, 1.807) is 31.6 Å². The number of ether oxygens (including phenoxy) is 1. The minimum absolute atomic E-state index is 0.168. The highest BCUT2D eigenvalue weighted by atomic mass is 16.5. The Morgan fingerprint density at radius 2 is 1.74 bits per heavy atom. The van der Waals surface area contributed by atoms with Crippen molar-refractivity contribution in [1.29, 1.82) is 0 Å². The Kier molecular flexibility index (Phi) is 7.09. The van der Waals surface area contributed by atoms with Crippen molar-refractivity contribution in [3.05, 3.63) is 72.7 Å². The molecule has 8 nitrogen and oxygen atoms in total. The molecule has 5 rings (SSSR count). The van der Waals surface area contributed by atoms with E-state index in [1.165, 1.54) is 0 Å². The van der Waals surface area contributed by atoms with E-state index in [9.17, 15) is 4.79 Å². The molecule has 2 saturated heterocycles. The number of para-hydroxylation sites is 1. The fraction of sp³-hybridized carbons (Fsp3) is 0.370. The molecule has 2 fully saturated rings. The van der Waals surface area contributed by atoms with Crippen LogP contribution in [0.15, 0.2) is 67.1 Å². The van der Waals surface area contributed by atoms with Gasteiger partial charge >= 0.3 is 0 Å². The van der Waals surface area contributed by atoms with Gasteiger partial charge in [0.1, 0.15) is 11.6 Å². The van der Waals surface area contributed by atoms with Crippen LogP contribution in [0.4, 0.5) is 17.2 Å². The molecule has 1 amide bonds. The molecule has 0 bridgehead atoms. The maximum Gasteiger partial charge on any atom is 0.259 e. The average molecular weight is 473 g/mol. The van der Waals surface area contributed by atoms with Gasteiger partial charge in [0.2, 0.25) is 0 Å². The number of rotatable bonds is 6. The van der Waals surface area contributed by atoms with Gasteiger partial charge in [0.25, 0.3) is 5.91 Å². The van der Waals surface area contributed by atoms with Crippen LogP contribution in [0.5, 0.6) is 5.75 Å². The lowest BCUT2D eigenvalue weighted by molar-refractivity contribution is 0.102. The second-order valence-electron chi connectivity index (χ2n) is 9.01. The Bertz CT molecular complexity index is 1130. The minimum Gasteiger partial charge on any atom is -0.496 e. The predicted octanol–water partition coefficient (Wildman–Crippen LogP) is 3.53. The van der Waals surface area contributed by atoms with Crippen LogP contribution in [-0.4, -0.2) is 73.2 Å². The molecule has 35 heavy (non-hydrogen) atoms. The van der Waals surface area contributed by atoms with Crippen molar-refractivity contribution in [3.8, 4) is 5.75 Å². The van der Waals surface area contributed by atoms with Gasteiger partial charge in [-0.25, -0.2) is 4.98 Å². The van der Waals surface area contributed by atoms with Gasteiger partial charge in [-0.05, 0) is 43.2 Å². The monoisotopic (exact) mass is 472 g/mol. The van der Waals surface area contributed by atoms with Crippen LogP contribution in [0.25, 0.3) is 0 Å². The number of aromatic nitrogens is 2. The number of hydrogen-bond acceptors (Lipinski definition) is 7. The third kappa shape index (κ3) is 5.38. The number of piperidine rings is 1. The van der Waals surface area contributed by atoms with Crippen molar-refractivity contribution in [1.82, 2.24) is 14.9 Å². The van der Waals surface area contributed by atoms with E-state index >= 15 is 0 Å². The van der Waals surface area contributed by atoms with Crippen molar-refractivity contribution >= 4 is 23.1 Å². The fourth-order valence-corrected chi connectivity index (χ4v) is 5.07. The Labute approximate surface area is 206 Å². The number of nitrogens with one attached hydrogen (secondary N) is 1. The van der Waals surface area contributed by atoms with E-state index in [4.69, 9.17) is 4.74 Å². The minimum atomic E-state index is -0.168. The number of anilines is 3. The molecule has 2 aliphatic heterocycles. The highest BCUT2D eigenvalue weighted by Crippen LogP contribution is 2.27. The van der Waals surface area contributed by atoms with Crippen molar-refractivity contribution in [2.75, 3.05) is 61.5 Å². The molecular formula is C27H32N6O2. The van der Waals surface area contributed by atoms with E-state index in [2.05, 4.69) is 42.1 Å². The Hall–Kier alpha value is -3.65. The quantitative estimate of drug-likeness (QED) is 0.588. The zero-order valence-electron chi connectivity index (χ0n) is 20.1. The maximum atomic E-state index is 12.8. The van der Waals surface area contributed by atoms with Crippen LogP contribution in [0.3, 0.4) is 0 Å². The smallest absolute Gasteiger partial charge is 0.259 e. The van der Waals surface area contributed by atoms with Gasteiger partial charge in [-0.1, -0.05) is 18.2 Å². The van der Waals surface area contributed by atoms with Gasteiger partial charge in [0.15, 0.2) is 0 Å². The molecular weight excluding hydrogens is 440 g/mol. The Balaban J connectivity index is 1.15. The van der Waals surface area contributed by atoms with Gasteiger partial charge in [0, 0.05) is 69.1 Å². The predicted molar refractivity (Wildman–Crippen MR) is 138 cm³/mol. The first-order chi connectivity index (χ1) is 17.2. The molecule has 1 N–H and O–H groups in total. The summed E-state index contributed by atoms with van der Waals surface area (Å²) in [5, 5.41) is 3.02. The van der Waals surface area contributed by atoms with E-state index in [0.29, 0.717) is 17.4 Å². The lowest BCUT2D eigenvalue weighted by Gasteiger charge is -2.43. The van der Waals surface area contributed by atoms with E-state index in [-0.39, 0.29) is 5.91 Å². The average Bonchev–Trinajstić information content (AvgIpc) is 2.94. The maximum absolute atomic E-state index is 12.8. The van der Waals surface area contributed by atoms with E-state index < -0.39 is 0 Å². The Morgan fingerprint density at radius 3 is 2.49 bits per heavy atom. The first kappa shape index (κ1) is 23.1. The molecule has 3 heterocycles. The molecule has 1 aromatic heterocycles. The third-order valence-electron chi connectivity index (χ3n) is 6.99. The van der Waals surface area contributed by atoms with Gasteiger partial charge in [-0.3, -0.25) is 14.7 Å². The van der Waals surface area contributed by atoms with Crippen LogP contribution in [0.1, 0.15) is 23.2 Å². The summed E-state index contributed by atoms with van der Waals surface area (Å²) in [6.45, 7) is 6.13. The SMILES string of the molecule is COc1ccccc1C(=O)Nc1cccc(N2CCC(N3CCN(c4cnccn4)CC3)CC2)c1. The summed E-state index contributed by atoms with van der Waals surface area (Å²) in [4.78, 5) is 28.8. The third-order valence-corrected chi connectivity index (χ3v) is 6.99. The van der Waals surface area contributed by atoms with Gasteiger partial charge in [-0.2, -0.15) is 0 Å². The molecule has 0 atom stereocenters. The first-order valence-corrected chi connectivity index (χ1v) is 12.3.